The van der Waals surface area contributed by atoms with E-state index < -0.39 is 106 Å². The molecule has 2 aliphatic rings. The van der Waals surface area contributed by atoms with Gasteiger partial charge in [-0.3, -0.25) is 22.7 Å². The van der Waals surface area contributed by atoms with Gasteiger partial charge in [-0.1, -0.05) is 40.5 Å². The molecule has 354 valence electrons. The normalized spacial score (nSPS) is 24.5. The van der Waals surface area contributed by atoms with Crippen molar-refractivity contribution < 1.29 is 71.0 Å². The lowest BCUT2D eigenvalue weighted by Crippen LogP contribution is -2.49. The largest absolute Gasteiger partial charge is 0.472 e. The third kappa shape index (κ3) is 14.2. The number of aliphatic hydroxyl groups excluding tert-OH is 1. The van der Waals surface area contributed by atoms with Crippen LogP contribution in [0.4, 0.5) is 16.4 Å². The van der Waals surface area contributed by atoms with Crippen LogP contribution in [0.3, 0.4) is 0 Å². The molecule has 3 unspecified atom stereocenters. The Morgan fingerprint density at radius 2 is 1.81 bits per heavy atom. The van der Waals surface area contributed by atoms with Crippen molar-refractivity contribution in [3.63, 3.8) is 0 Å². The molecule has 2 saturated heterocycles. The summed E-state index contributed by atoms with van der Waals surface area (Å²) in [5.74, 6) is -1.25. The first kappa shape index (κ1) is 50.9. The molecule has 0 saturated carbocycles. The number of fused-ring (bicyclic) bond motifs is 1. The van der Waals surface area contributed by atoms with Gasteiger partial charge in [0, 0.05) is 34.6 Å². The molecule has 5 rings (SSSR count). The predicted molar refractivity (Wildman–Crippen MR) is 226 cm³/mol. The Hall–Kier alpha value is -4.12. The quantitative estimate of drug-likeness (QED) is 0.0213. The van der Waals surface area contributed by atoms with Gasteiger partial charge in [0.25, 0.3) is 0 Å². The summed E-state index contributed by atoms with van der Waals surface area (Å²) in [4.78, 5) is 88.1. The molecule has 3 aromatic rings. The summed E-state index contributed by atoms with van der Waals surface area (Å²) in [6.45, 7) is 6.76. The number of anilines is 2. The Labute approximate surface area is 371 Å². The van der Waals surface area contributed by atoms with Crippen molar-refractivity contribution in [3.8, 4) is 0 Å². The first-order valence-electron chi connectivity index (χ1n) is 19.1. The fourth-order valence-electron chi connectivity index (χ4n) is 6.21. The van der Waals surface area contributed by atoms with Crippen LogP contribution in [0, 0.1) is 0 Å². The number of amides is 1. The van der Waals surface area contributed by atoms with Gasteiger partial charge in [0.1, 0.15) is 59.9 Å². The minimum absolute atomic E-state index is 0.0162. The summed E-state index contributed by atoms with van der Waals surface area (Å²) < 4.78 is 65.7. The number of carbonyl (C=O) groups is 2. The van der Waals surface area contributed by atoms with Crippen molar-refractivity contribution in [1.29, 1.82) is 0 Å². The minimum Gasteiger partial charge on any atom is -0.455 e. The molecule has 2 aliphatic heterocycles. The lowest BCUT2D eigenvalue weighted by Gasteiger charge is -2.28. The topological polar surface area (TPSA) is 405 Å². The van der Waals surface area contributed by atoms with E-state index in [9.17, 15) is 43.3 Å². The highest BCUT2D eigenvalue weighted by Gasteiger charge is 2.50. The SMILES string of the molecule is CC(C)SSC(CN=[N+]=[N-])C[C@@H](NC(=O)OC(C)(C)C)C(=O)O[C@H]1[C@@H](O)[C@H](n2cnc3c(N)ncnc32)O[C@H]1COP(=O)(O)O[C@H]1CC(n2ccc(N)nc2=O)O[C@@H]1COP(=O)(O)O. The standard InChI is InChI=1S/C32H48N12O16P2S2/c1-15(2)63-64-16(10-39-42-35)8-17(40-31(48)59-32(3,4)5)29(46)58-25-20(57-28(24(25)45)44-14-38-23-26(34)36-13-37-27(23)44)12-55-62(52,53)60-18-9-22(43-7-6-21(33)41-30(43)47)56-19(18)11-54-61(49,50)51/h6-7,13-20,22,24-25,28,45H,8-12H2,1-5H3,(H,40,48)(H,52,53)(H2,33,41,47)(H2,34,36,37)(H2,49,50,51)/t16?,17-,18+,19-,20+,22?,24-,25-,28-/m1/s1. The lowest BCUT2D eigenvalue weighted by molar-refractivity contribution is -0.159. The molecular weight excluding hydrogens is 935 g/mol. The lowest BCUT2D eigenvalue weighted by atomic mass is 10.1. The summed E-state index contributed by atoms with van der Waals surface area (Å²) in [7, 11) is -7.64. The van der Waals surface area contributed by atoms with Crippen LogP contribution in [0.25, 0.3) is 21.6 Å². The Bertz CT molecular complexity index is 2330. The van der Waals surface area contributed by atoms with E-state index in [1.807, 2.05) is 13.8 Å². The monoisotopic (exact) mass is 982 g/mol. The van der Waals surface area contributed by atoms with Crippen molar-refractivity contribution >= 4 is 72.1 Å². The van der Waals surface area contributed by atoms with Crippen LogP contribution in [-0.2, 0) is 46.4 Å². The molecule has 0 aromatic carbocycles. The number of nitrogen functional groups attached to an aromatic ring is 2. The maximum atomic E-state index is 14.2. The predicted octanol–water partition coefficient (Wildman–Crippen LogP) is 2.07. The van der Waals surface area contributed by atoms with E-state index in [2.05, 4.69) is 39.8 Å². The van der Waals surface area contributed by atoms with E-state index in [0.717, 1.165) is 10.9 Å². The van der Waals surface area contributed by atoms with Crippen molar-refractivity contribution in [1.82, 2.24) is 34.4 Å². The maximum absolute atomic E-state index is 14.2. The Balaban J connectivity index is 1.42. The number of azide groups is 1. The highest BCUT2D eigenvalue weighted by atomic mass is 33.1. The smallest absolute Gasteiger partial charge is 0.455 e. The van der Waals surface area contributed by atoms with Crippen molar-refractivity contribution in [2.75, 3.05) is 31.2 Å². The molecule has 5 heterocycles. The number of esters is 1. The van der Waals surface area contributed by atoms with E-state index in [4.69, 9.17) is 45.0 Å². The number of rotatable bonds is 20. The van der Waals surface area contributed by atoms with Gasteiger partial charge >= 0.3 is 33.4 Å². The number of nitrogens with two attached hydrogens (primary N) is 2. The molecule has 32 heteroatoms. The molecule has 10 atom stereocenters. The van der Waals surface area contributed by atoms with Crippen LogP contribution in [-0.4, -0.2) is 133 Å². The van der Waals surface area contributed by atoms with Crippen LogP contribution in [0.1, 0.15) is 59.9 Å². The van der Waals surface area contributed by atoms with E-state index in [-0.39, 0.29) is 47.4 Å². The second kappa shape index (κ2) is 21.5. The number of aliphatic hydroxyl groups is 1. The molecule has 3 aromatic heterocycles. The number of hydrogen-bond acceptors (Lipinski definition) is 22. The summed E-state index contributed by atoms with van der Waals surface area (Å²) in [5.41, 5.74) is 18.9. The van der Waals surface area contributed by atoms with E-state index in [1.165, 1.54) is 44.7 Å². The van der Waals surface area contributed by atoms with Crippen LogP contribution in [0.15, 0.2) is 34.8 Å². The summed E-state index contributed by atoms with van der Waals surface area (Å²) in [6.07, 6.45) is -8.76. The van der Waals surface area contributed by atoms with Gasteiger partial charge in [-0.2, -0.15) is 4.98 Å². The van der Waals surface area contributed by atoms with Crippen molar-refractivity contribution in [2.24, 2.45) is 5.11 Å². The van der Waals surface area contributed by atoms with Gasteiger partial charge in [0.15, 0.2) is 23.8 Å². The summed E-state index contributed by atoms with van der Waals surface area (Å²) >= 11 is 0. The summed E-state index contributed by atoms with van der Waals surface area (Å²) in [5, 5.41) is 17.5. The molecule has 0 radical (unpaired) electrons. The number of hydrogen-bond donors (Lipinski definition) is 7. The van der Waals surface area contributed by atoms with E-state index in [1.54, 1.807) is 20.8 Å². The van der Waals surface area contributed by atoms with Crippen molar-refractivity contribution in [2.45, 2.75) is 113 Å². The van der Waals surface area contributed by atoms with Crippen LogP contribution in [0.2, 0.25) is 0 Å². The Morgan fingerprint density at radius 1 is 1.09 bits per heavy atom. The Morgan fingerprint density at radius 3 is 2.47 bits per heavy atom. The van der Waals surface area contributed by atoms with E-state index >= 15 is 0 Å². The molecular formula is C32H48N12O16P2S2. The molecule has 64 heavy (non-hydrogen) atoms. The first-order chi connectivity index (χ1) is 29.9. The number of nitrogens with one attached hydrogen (secondary N) is 1. The average Bonchev–Trinajstić information content (AvgIpc) is 3.88. The second-order valence-corrected chi connectivity index (χ2v) is 21.1. The van der Waals surface area contributed by atoms with Crippen LogP contribution in [0.5, 0.6) is 0 Å². The molecule has 0 bridgehead atoms. The van der Waals surface area contributed by atoms with Gasteiger partial charge in [-0.15, -0.1) is 0 Å². The fraction of sp³-hybridized carbons (Fsp3) is 0.656. The number of alkyl carbamates (subject to hydrolysis) is 1. The second-order valence-electron chi connectivity index (χ2n) is 15.4. The third-order valence-electron chi connectivity index (χ3n) is 8.85. The van der Waals surface area contributed by atoms with Crippen LogP contribution < -0.4 is 22.5 Å². The zero-order valence-electron chi connectivity index (χ0n) is 34.7. The van der Waals surface area contributed by atoms with Gasteiger partial charge in [-0.05, 0) is 38.8 Å². The van der Waals surface area contributed by atoms with Crippen molar-refractivity contribution in [3.05, 3.63) is 45.8 Å². The number of carbonyl (C=O) groups excluding carboxylic acids is 2. The molecule has 1 amide bonds. The van der Waals surface area contributed by atoms with Gasteiger partial charge in [-0.25, -0.2) is 38.5 Å². The van der Waals surface area contributed by atoms with Crippen LogP contribution >= 0.6 is 37.2 Å². The molecule has 0 aliphatic carbocycles. The van der Waals surface area contributed by atoms with Gasteiger partial charge in [0.05, 0.1) is 19.5 Å². The minimum atomic E-state index is -5.27. The molecule has 9 N–H and O–H groups in total. The zero-order valence-corrected chi connectivity index (χ0v) is 38.1. The zero-order chi connectivity index (χ0) is 47.1. The first-order valence-corrected chi connectivity index (χ1v) is 24.4. The maximum Gasteiger partial charge on any atom is 0.472 e. The number of phosphoric acid groups is 2. The molecule has 28 nitrogen and oxygen atoms in total. The number of nitrogens with zero attached hydrogens (tertiary/aromatic N) is 9. The number of ether oxygens (including phenoxy) is 4. The number of phosphoric ester groups is 2. The number of imidazole rings is 1. The number of aromatic nitrogens is 6. The fourth-order valence-corrected chi connectivity index (χ4v) is 9.84. The molecule has 0 spiro atoms. The van der Waals surface area contributed by atoms with E-state index in [0.29, 0.717) is 0 Å². The Kier molecular flexibility index (Phi) is 17.1. The van der Waals surface area contributed by atoms with Gasteiger partial charge in [0.2, 0.25) is 0 Å². The average molecular weight is 983 g/mol. The molecule has 2 fully saturated rings. The van der Waals surface area contributed by atoms with Gasteiger partial charge < -0.3 is 55.5 Å². The highest BCUT2D eigenvalue weighted by molar-refractivity contribution is 8.77. The summed E-state index contributed by atoms with van der Waals surface area (Å²) in [6, 6.07) is -0.217. The highest BCUT2D eigenvalue weighted by Crippen LogP contribution is 2.50. The third-order valence-corrected chi connectivity index (χ3v) is 13.8.